The van der Waals surface area contributed by atoms with Gasteiger partial charge in [-0.1, -0.05) is 12.1 Å². The van der Waals surface area contributed by atoms with Gasteiger partial charge < -0.3 is 21.1 Å². The molecule has 0 heterocycles. The molecule has 0 bridgehead atoms. The van der Waals surface area contributed by atoms with E-state index in [1.54, 1.807) is 12.1 Å². The Kier molecular flexibility index (Phi) is 9.83. The number of benzene rings is 1. The van der Waals surface area contributed by atoms with E-state index in [9.17, 15) is 14.4 Å². The second-order valence-electron chi connectivity index (χ2n) is 5.67. The minimum Gasteiger partial charge on any atom is -0.480 e. The Hall–Kier alpha value is -1.99. The van der Waals surface area contributed by atoms with E-state index in [1.165, 1.54) is 0 Å². The summed E-state index contributed by atoms with van der Waals surface area (Å²) in [6.07, 6.45) is -0.115. The number of nitrogens with zero attached hydrogens (tertiary/aromatic N) is 1. The van der Waals surface area contributed by atoms with Crippen molar-refractivity contribution >= 4 is 46.7 Å². The van der Waals surface area contributed by atoms with Crippen LogP contribution in [0.3, 0.4) is 0 Å². The van der Waals surface area contributed by atoms with E-state index in [1.807, 2.05) is 17.0 Å². The molecule has 0 spiro atoms. The maximum Gasteiger partial charge on any atom is 0.326 e. The minimum atomic E-state index is -1.20. The van der Waals surface area contributed by atoms with Crippen molar-refractivity contribution < 1.29 is 19.5 Å². The van der Waals surface area contributed by atoms with Crippen molar-refractivity contribution in [2.45, 2.75) is 25.3 Å². The first-order valence-electron chi connectivity index (χ1n) is 8.13. The molecule has 0 aromatic heterocycles. The number of rotatable bonds is 12. The summed E-state index contributed by atoms with van der Waals surface area (Å²) in [5, 5.41) is 11.5. The summed E-state index contributed by atoms with van der Waals surface area (Å²) in [4.78, 5) is 36.0. The highest BCUT2D eigenvalue weighted by molar-refractivity contribution is 6.18. The van der Waals surface area contributed by atoms with Crippen LogP contribution in [-0.2, 0) is 20.8 Å². The molecular formula is C17H23Cl2N3O4. The summed E-state index contributed by atoms with van der Waals surface area (Å²) >= 11 is 11.6. The Bertz CT molecular complexity index is 605. The van der Waals surface area contributed by atoms with Crippen molar-refractivity contribution in [3.05, 3.63) is 29.8 Å². The topological polar surface area (TPSA) is 113 Å². The van der Waals surface area contributed by atoms with Gasteiger partial charge in [0.05, 0.1) is 6.42 Å². The Labute approximate surface area is 162 Å². The predicted molar refractivity (Wildman–Crippen MR) is 102 cm³/mol. The van der Waals surface area contributed by atoms with Gasteiger partial charge in [-0.25, -0.2) is 4.79 Å². The van der Waals surface area contributed by atoms with Gasteiger partial charge in [0.1, 0.15) is 6.04 Å². The molecule has 7 nitrogen and oxygen atoms in total. The van der Waals surface area contributed by atoms with Gasteiger partial charge in [0.2, 0.25) is 11.8 Å². The number of carboxylic acid groups (broad SMARTS) is 1. The lowest BCUT2D eigenvalue weighted by molar-refractivity contribution is -0.142. The van der Waals surface area contributed by atoms with Crippen LogP contribution < -0.4 is 16.0 Å². The van der Waals surface area contributed by atoms with Crippen molar-refractivity contribution in [2.75, 3.05) is 29.7 Å². The fourth-order valence-electron chi connectivity index (χ4n) is 2.37. The van der Waals surface area contributed by atoms with Gasteiger partial charge in [-0.15, -0.1) is 23.2 Å². The van der Waals surface area contributed by atoms with Crippen LogP contribution in [0.1, 0.15) is 18.4 Å². The number of carboxylic acids is 1. The van der Waals surface area contributed by atoms with E-state index in [4.69, 9.17) is 34.0 Å². The van der Waals surface area contributed by atoms with Gasteiger partial charge in [0.15, 0.2) is 0 Å². The fourth-order valence-corrected chi connectivity index (χ4v) is 2.78. The summed E-state index contributed by atoms with van der Waals surface area (Å²) < 4.78 is 0. The van der Waals surface area contributed by atoms with Crippen LogP contribution >= 0.6 is 23.2 Å². The van der Waals surface area contributed by atoms with E-state index in [0.29, 0.717) is 24.8 Å². The quantitative estimate of drug-likeness (QED) is 0.455. The summed E-state index contributed by atoms with van der Waals surface area (Å²) in [6, 6.07) is 6.18. The van der Waals surface area contributed by atoms with Gasteiger partial charge in [0, 0.05) is 37.0 Å². The number of amides is 2. The fraction of sp³-hybridized carbons (Fsp3) is 0.471. The zero-order valence-electron chi connectivity index (χ0n) is 14.3. The van der Waals surface area contributed by atoms with E-state index in [2.05, 4.69) is 5.32 Å². The number of anilines is 1. The van der Waals surface area contributed by atoms with Crippen LogP contribution in [0.15, 0.2) is 24.3 Å². The number of carbonyl (C=O) groups excluding carboxylic acids is 2. The molecular weight excluding hydrogens is 381 g/mol. The molecule has 2 amide bonds. The first kappa shape index (κ1) is 22.1. The molecule has 1 rings (SSSR count). The zero-order valence-corrected chi connectivity index (χ0v) is 15.8. The number of carbonyl (C=O) groups is 3. The zero-order chi connectivity index (χ0) is 19.5. The predicted octanol–water partition coefficient (Wildman–Crippen LogP) is 1.35. The lowest BCUT2D eigenvalue weighted by atomic mass is 10.1. The van der Waals surface area contributed by atoms with Crippen molar-refractivity contribution in [3.8, 4) is 0 Å². The summed E-state index contributed by atoms with van der Waals surface area (Å²) in [7, 11) is 0. The molecule has 1 aromatic carbocycles. The number of primary amides is 1. The largest absolute Gasteiger partial charge is 0.480 e. The molecule has 0 aliphatic rings. The summed E-state index contributed by atoms with van der Waals surface area (Å²) in [5.74, 6) is -1.30. The Morgan fingerprint density at radius 2 is 1.69 bits per heavy atom. The molecule has 0 radical (unpaired) electrons. The van der Waals surface area contributed by atoms with E-state index >= 15 is 0 Å². The van der Waals surface area contributed by atoms with Crippen molar-refractivity contribution in [3.63, 3.8) is 0 Å². The highest BCUT2D eigenvalue weighted by Crippen LogP contribution is 2.16. The van der Waals surface area contributed by atoms with Crippen LogP contribution in [0.5, 0.6) is 0 Å². The summed E-state index contributed by atoms with van der Waals surface area (Å²) in [6.45, 7) is 1.32. The number of alkyl halides is 2. The molecule has 4 N–H and O–H groups in total. The maximum absolute atomic E-state index is 12.1. The third-order valence-electron chi connectivity index (χ3n) is 3.69. The lowest BCUT2D eigenvalue weighted by Crippen LogP contribution is -2.42. The molecule has 1 aromatic rings. The molecule has 26 heavy (non-hydrogen) atoms. The monoisotopic (exact) mass is 403 g/mol. The first-order valence-corrected chi connectivity index (χ1v) is 9.20. The molecule has 1 atom stereocenters. The molecule has 0 saturated heterocycles. The Morgan fingerprint density at radius 3 is 2.15 bits per heavy atom. The lowest BCUT2D eigenvalue weighted by Gasteiger charge is -2.23. The van der Waals surface area contributed by atoms with Gasteiger partial charge in [-0.2, -0.15) is 0 Å². The molecule has 0 saturated carbocycles. The number of hydrogen-bond acceptors (Lipinski definition) is 4. The van der Waals surface area contributed by atoms with Gasteiger partial charge in [0.25, 0.3) is 0 Å². The number of halogens is 2. The third kappa shape index (κ3) is 7.93. The molecule has 9 heteroatoms. The van der Waals surface area contributed by atoms with Crippen molar-refractivity contribution in [1.29, 1.82) is 0 Å². The minimum absolute atomic E-state index is 0.0334. The first-order chi connectivity index (χ1) is 12.4. The molecule has 0 aliphatic carbocycles. The highest BCUT2D eigenvalue weighted by atomic mass is 35.5. The molecule has 0 aliphatic heterocycles. The smallest absolute Gasteiger partial charge is 0.326 e. The average Bonchev–Trinajstić information content (AvgIpc) is 2.58. The van der Waals surface area contributed by atoms with Crippen molar-refractivity contribution in [2.24, 2.45) is 5.73 Å². The van der Waals surface area contributed by atoms with E-state index in [0.717, 1.165) is 11.3 Å². The Balaban J connectivity index is 2.65. The van der Waals surface area contributed by atoms with Gasteiger partial charge in [-0.05, 0) is 24.1 Å². The van der Waals surface area contributed by atoms with Crippen molar-refractivity contribution in [1.82, 2.24) is 5.32 Å². The second-order valence-corrected chi connectivity index (χ2v) is 6.43. The number of hydrogen-bond donors (Lipinski definition) is 3. The highest BCUT2D eigenvalue weighted by Gasteiger charge is 2.20. The Morgan fingerprint density at radius 1 is 1.12 bits per heavy atom. The normalized spacial score (nSPS) is 11.6. The molecule has 144 valence electrons. The standard InChI is InChI=1S/C17H23Cl2N3O4/c18-7-9-22(10-8-19)13-3-1-12(2-4-13)11-16(24)21-14(17(25)26)5-6-15(20)23/h1-4,14H,5-11H2,(H2,20,23)(H,21,24)(H,25,26). The SMILES string of the molecule is NC(=O)CCC(NC(=O)Cc1ccc(N(CCCl)CCCl)cc1)C(=O)O. The van der Waals surface area contributed by atoms with Crippen LogP contribution in [0.2, 0.25) is 0 Å². The number of nitrogens with one attached hydrogen (secondary N) is 1. The molecule has 1 unspecified atom stereocenters. The van der Waals surface area contributed by atoms with E-state index < -0.39 is 23.8 Å². The van der Waals surface area contributed by atoms with Crippen LogP contribution in [0.25, 0.3) is 0 Å². The molecule has 0 fully saturated rings. The second kappa shape index (κ2) is 11.6. The van der Waals surface area contributed by atoms with Crippen LogP contribution in [0.4, 0.5) is 5.69 Å². The van der Waals surface area contributed by atoms with Gasteiger partial charge >= 0.3 is 5.97 Å². The number of nitrogens with two attached hydrogens (primary N) is 1. The van der Waals surface area contributed by atoms with Crippen LogP contribution in [0, 0.1) is 0 Å². The van der Waals surface area contributed by atoms with Crippen LogP contribution in [-0.4, -0.2) is 53.8 Å². The average molecular weight is 404 g/mol. The van der Waals surface area contributed by atoms with Gasteiger partial charge in [-0.3, -0.25) is 9.59 Å². The third-order valence-corrected chi connectivity index (χ3v) is 4.03. The van der Waals surface area contributed by atoms with E-state index in [-0.39, 0.29) is 19.3 Å². The summed E-state index contributed by atoms with van der Waals surface area (Å²) in [5.41, 5.74) is 6.69. The maximum atomic E-state index is 12.1. The number of aliphatic carboxylic acids is 1.